The molecule has 0 aliphatic heterocycles. The van der Waals surface area contributed by atoms with Crippen molar-refractivity contribution in [2.75, 3.05) is 0 Å². The fourth-order valence-electron chi connectivity index (χ4n) is 7.00. The Kier molecular flexibility index (Phi) is 5.70. The Morgan fingerprint density at radius 1 is 0.500 bits per heavy atom. The molecule has 0 fully saturated rings. The molecule has 0 saturated heterocycles. The van der Waals surface area contributed by atoms with Gasteiger partial charge in [0.05, 0.1) is 22.1 Å². The number of imidazole rings is 2. The van der Waals surface area contributed by atoms with Crippen LogP contribution < -0.4 is 0 Å². The van der Waals surface area contributed by atoms with E-state index in [9.17, 15) is 0 Å². The van der Waals surface area contributed by atoms with Gasteiger partial charge in [-0.15, -0.1) is 59.3 Å². The molecule has 6 heterocycles. The molecule has 6 aromatic heterocycles. The van der Waals surface area contributed by atoms with Crippen LogP contribution in [0.5, 0.6) is 0 Å². The van der Waals surface area contributed by atoms with Gasteiger partial charge in [-0.05, 0) is 61.8 Å². The number of pyridine rings is 4. The molecule has 0 amide bonds. The van der Waals surface area contributed by atoms with Gasteiger partial charge in [0, 0.05) is 38.7 Å². The Hall–Kier alpha value is -5.19. The molecule has 4 aromatic carbocycles. The molecule has 0 bridgehead atoms. The summed E-state index contributed by atoms with van der Waals surface area (Å²) in [5, 5.41) is 3.98. The van der Waals surface area contributed by atoms with Crippen molar-refractivity contribution in [3.05, 3.63) is 133 Å². The summed E-state index contributed by atoms with van der Waals surface area (Å²) in [5.41, 5.74) is 11.1. The van der Waals surface area contributed by atoms with Crippen molar-refractivity contribution in [3.8, 4) is 0 Å². The van der Waals surface area contributed by atoms with Crippen molar-refractivity contribution in [2.24, 2.45) is 0 Å². The summed E-state index contributed by atoms with van der Waals surface area (Å²) in [5.74, 6) is 0. The van der Waals surface area contributed by atoms with E-state index in [1.54, 1.807) is 0 Å². The summed E-state index contributed by atoms with van der Waals surface area (Å²) in [6.45, 7) is 4.39. The number of aromatic nitrogens is 6. The molecule has 10 rings (SSSR count). The van der Waals surface area contributed by atoms with Crippen LogP contribution in [0.1, 0.15) is 25.2 Å². The first-order valence-electron chi connectivity index (χ1n) is 15.1. The van der Waals surface area contributed by atoms with Gasteiger partial charge in [-0.1, -0.05) is 35.7 Å². The molecule has 0 atom stereocenters. The molecular formula is C39H24N6Pt. The van der Waals surface area contributed by atoms with Crippen LogP contribution >= 0.6 is 0 Å². The van der Waals surface area contributed by atoms with Crippen molar-refractivity contribution >= 4 is 77.0 Å². The summed E-state index contributed by atoms with van der Waals surface area (Å²) < 4.78 is 4.45. The van der Waals surface area contributed by atoms with E-state index in [1.165, 1.54) is 0 Å². The van der Waals surface area contributed by atoms with Crippen LogP contribution in [0.2, 0.25) is 0 Å². The summed E-state index contributed by atoms with van der Waals surface area (Å²) in [6, 6.07) is 44.3. The predicted octanol–water partition coefficient (Wildman–Crippen LogP) is 8.61. The number of fused-ring (bicyclic) bond motifs is 16. The zero-order chi connectivity index (χ0) is 29.9. The van der Waals surface area contributed by atoms with Gasteiger partial charge in [0.25, 0.3) is 0 Å². The second-order valence-corrected chi connectivity index (χ2v) is 12.2. The van der Waals surface area contributed by atoms with Crippen LogP contribution in [0.3, 0.4) is 0 Å². The second-order valence-electron chi connectivity index (χ2n) is 12.2. The monoisotopic (exact) mass is 771 g/mol. The van der Waals surface area contributed by atoms with Gasteiger partial charge in [-0.2, -0.15) is 0 Å². The number of rotatable bonds is 2. The van der Waals surface area contributed by atoms with E-state index in [0.29, 0.717) is 0 Å². The van der Waals surface area contributed by atoms with E-state index in [1.807, 2.05) is 36.4 Å². The summed E-state index contributed by atoms with van der Waals surface area (Å²) >= 11 is 0. The van der Waals surface area contributed by atoms with Crippen LogP contribution in [-0.2, 0) is 26.5 Å². The van der Waals surface area contributed by atoms with Gasteiger partial charge < -0.3 is 8.80 Å². The van der Waals surface area contributed by atoms with Crippen LogP contribution in [0.4, 0.5) is 0 Å². The Balaban J connectivity index is 0.00000292. The predicted molar refractivity (Wildman–Crippen MR) is 181 cm³/mol. The molecule has 7 heteroatoms. The van der Waals surface area contributed by atoms with Crippen molar-refractivity contribution in [1.82, 2.24) is 28.7 Å². The summed E-state index contributed by atoms with van der Waals surface area (Å²) in [7, 11) is 0. The van der Waals surface area contributed by atoms with E-state index in [0.717, 1.165) is 88.4 Å². The van der Waals surface area contributed by atoms with Gasteiger partial charge >= 0.3 is 21.1 Å². The number of hydrogen-bond donors (Lipinski definition) is 0. The normalized spacial score (nSPS) is 12.4. The number of benzene rings is 4. The minimum absolute atomic E-state index is 0. The van der Waals surface area contributed by atoms with Crippen LogP contribution in [0.15, 0.2) is 109 Å². The molecule has 6 nitrogen and oxygen atoms in total. The Bertz CT molecular complexity index is 2860. The quantitative estimate of drug-likeness (QED) is 0.131. The smallest absolute Gasteiger partial charge is 0.335 e. The minimum Gasteiger partial charge on any atom is -0.335 e. The Labute approximate surface area is 277 Å². The standard InChI is InChI=1S/C39H24N6.Pt/c1-39(2,33-21-19-26-35(42-33)25-13-5-8-16-29(25)44-30-17-9-6-14-27(30)41-38(26)44)34-22-20-32-36(43-34)23-11-3-4-12-24(23)37-40-28-15-7-10-18-31(28)45(32)37;/h3-10,12,14-22H,1-2H3;/q-2;+2. The van der Waals surface area contributed by atoms with E-state index in [4.69, 9.17) is 19.9 Å². The SMILES string of the molecule is CC(C)(c1ccc2c(n1)c1[c-]cccc1n1c3ccccc3nc21)c1ccc2c(n1)c1[c-]cccc1c1nc3ccccc3n21.[Pt+2]. The second kappa shape index (κ2) is 9.65. The maximum Gasteiger partial charge on any atom is 2.00 e. The number of para-hydroxylation sites is 4. The maximum absolute atomic E-state index is 5.36. The Morgan fingerprint density at radius 2 is 1.07 bits per heavy atom. The van der Waals surface area contributed by atoms with Crippen molar-refractivity contribution in [2.45, 2.75) is 19.3 Å². The molecule has 0 saturated carbocycles. The van der Waals surface area contributed by atoms with Gasteiger partial charge in [-0.3, -0.25) is 9.97 Å². The average Bonchev–Trinajstić information content (AvgIpc) is 3.68. The topological polar surface area (TPSA) is 60.4 Å². The fourth-order valence-corrected chi connectivity index (χ4v) is 7.00. The molecular weight excluding hydrogens is 748 g/mol. The Morgan fingerprint density at radius 3 is 1.80 bits per heavy atom. The number of nitrogens with zero attached hydrogens (tertiary/aromatic N) is 6. The largest absolute Gasteiger partial charge is 2.00 e. The summed E-state index contributed by atoms with van der Waals surface area (Å²) in [6.07, 6.45) is 0. The van der Waals surface area contributed by atoms with Crippen LogP contribution in [-0.4, -0.2) is 28.7 Å². The molecule has 0 unspecified atom stereocenters. The molecule has 0 N–H and O–H groups in total. The fraction of sp³-hybridized carbons (Fsp3) is 0.0769. The van der Waals surface area contributed by atoms with Gasteiger partial charge in [0.1, 0.15) is 11.3 Å². The maximum atomic E-state index is 5.36. The van der Waals surface area contributed by atoms with E-state index < -0.39 is 5.41 Å². The molecule has 10 aromatic rings. The van der Waals surface area contributed by atoms with Crippen LogP contribution in [0, 0.1) is 12.1 Å². The summed E-state index contributed by atoms with van der Waals surface area (Å²) in [4.78, 5) is 20.7. The first kappa shape index (κ1) is 27.1. The first-order valence-corrected chi connectivity index (χ1v) is 15.1. The van der Waals surface area contributed by atoms with Gasteiger partial charge in [-0.25, -0.2) is 9.97 Å². The number of hydrogen-bond acceptors (Lipinski definition) is 4. The first-order chi connectivity index (χ1) is 22.1. The van der Waals surface area contributed by atoms with Crippen LogP contribution in [0.25, 0.3) is 77.0 Å². The average molecular weight is 772 g/mol. The zero-order valence-corrected chi connectivity index (χ0v) is 27.2. The third-order valence-electron chi connectivity index (χ3n) is 9.30. The third-order valence-corrected chi connectivity index (χ3v) is 9.30. The molecule has 0 aliphatic carbocycles. The van der Waals surface area contributed by atoms with Gasteiger partial charge in [0.2, 0.25) is 0 Å². The molecule has 46 heavy (non-hydrogen) atoms. The molecule has 0 radical (unpaired) electrons. The van der Waals surface area contributed by atoms with Gasteiger partial charge in [0.15, 0.2) is 0 Å². The molecule has 0 spiro atoms. The molecule has 0 aliphatic rings. The van der Waals surface area contributed by atoms with E-state index >= 15 is 0 Å². The van der Waals surface area contributed by atoms with Crippen molar-refractivity contribution < 1.29 is 21.1 Å². The third kappa shape index (κ3) is 3.56. The molecule has 220 valence electrons. The van der Waals surface area contributed by atoms with Crippen molar-refractivity contribution in [3.63, 3.8) is 0 Å². The zero-order valence-electron chi connectivity index (χ0n) is 24.9. The van der Waals surface area contributed by atoms with E-state index in [2.05, 4.69) is 108 Å². The van der Waals surface area contributed by atoms with E-state index in [-0.39, 0.29) is 21.1 Å². The minimum atomic E-state index is -0.497. The van der Waals surface area contributed by atoms with Crippen molar-refractivity contribution in [1.29, 1.82) is 0 Å².